The number of benzene rings is 1. The summed E-state index contributed by atoms with van der Waals surface area (Å²) in [7, 11) is 0. The van der Waals surface area contributed by atoms with Crippen LogP contribution in [0.25, 0.3) is 28.2 Å². The predicted molar refractivity (Wildman–Crippen MR) is 133 cm³/mol. The molecular weight excluding hydrogens is 514 g/mol. The summed E-state index contributed by atoms with van der Waals surface area (Å²) >= 11 is 3.59. The maximum absolute atomic E-state index is 12.2. The van der Waals surface area contributed by atoms with Crippen molar-refractivity contribution in [3.8, 4) is 22.5 Å². The van der Waals surface area contributed by atoms with Crippen molar-refractivity contribution >= 4 is 33.3 Å². The largest absolute Gasteiger partial charge is 0.393 e. The molecule has 10 nitrogen and oxygen atoms in total. The lowest BCUT2D eigenvalue weighted by molar-refractivity contribution is -0.143. The Bertz CT molecular complexity index is 1350. The average Bonchev–Trinajstić information content (AvgIpc) is 3.34. The Kier molecular flexibility index (Phi) is 6.46. The van der Waals surface area contributed by atoms with E-state index < -0.39 is 18.6 Å². The number of nitrogens with zero attached hydrogens (tertiary/aromatic N) is 6. The Labute approximate surface area is 209 Å². The number of fused-ring (bicyclic) bond motifs is 1. The van der Waals surface area contributed by atoms with Gasteiger partial charge in [0.05, 0.1) is 23.0 Å². The molecule has 1 fully saturated rings. The molecule has 180 valence electrons. The highest BCUT2D eigenvalue weighted by molar-refractivity contribution is 9.10. The van der Waals surface area contributed by atoms with Gasteiger partial charge in [-0.05, 0) is 28.8 Å². The molecule has 1 aliphatic heterocycles. The number of aliphatic hydroxyl groups excluding tert-OH is 2. The van der Waals surface area contributed by atoms with Crippen LogP contribution in [-0.2, 0) is 4.79 Å². The van der Waals surface area contributed by atoms with Gasteiger partial charge in [0.15, 0.2) is 17.6 Å². The third kappa shape index (κ3) is 4.38. The highest BCUT2D eigenvalue weighted by atomic mass is 79.9. The molecule has 0 bridgehead atoms. The minimum Gasteiger partial charge on any atom is -0.393 e. The first kappa shape index (κ1) is 23.3. The maximum atomic E-state index is 12.2. The van der Waals surface area contributed by atoms with Crippen LogP contribution >= 0.6 is 15.9 Å². The van der Waals surface area contributed by atoms with Gasteiger partial charge in [-0.1, -0.05) is 30.3 Å². The van der Waals surface area contributed by atoms with Gasteiger partial charge in [0.1, 0.15) is 5.82 Å². The Morgan fingerprint density at radius 3 is 2.46 bits per heavy atom. The number of hydrogen-bond donors (Lipinski definition) is 3. The van der Waals surface area contributed by atoms with Gasteiger partial charge in [-0.3, -0.25) is 4.79 Å². The minimum absolute atomic E-state index is 0.0615. The summed E-state index contributed by atoms with van der Waals surface area (Å²) in [5, 5.41) is 23.1. The molecular formula is C24H24BrN7O3. The van der Waals surface area contributed by atoms with Crippen molar-refractivity contribution in [2.24, 2.45) is 0 Å². The summed E-state index contributed by atoms with van der Waals surface area (Å²) in [5.74, 6) is 0.679. The van der Waals surface area contributed by atoms with E-state index in [9.17, 15) is 9.90 Å². The van der Waals surface area contributed by atoms with Crippen molar-refractivity contribution in [3.63, 3.8) is 0 Å². The summed E-state index contributed by atoms with van der Waals surface area (Å²) in [6.07, 6.45) is 5.14. The summed E-state index contributed by atoms with van der Waals surface area (Å²) in [6, 6.07) is 9.75. The molecule has 3 aromatic heterocycles. The van der Waals surface area contributed by atoms with E-state index in [2.05, 4.69) is 31.0 Å². The second-order valence-corrected chi connectivity index (χ2v) is 9.24. The SMILES string of the molecule is Nc1c(Br)c(C2CCN(C(=O)[C@H](O)CO)CC2)nc2c(-c3cnc(-c4ccccc4)nc3)cnn12. The number of halogens is 1. The smallest absolute Gasteiger partial charge is 0.253 e. The number of aliphatic hydroxyl groups is 2. The lowest BCUT2D eigenvalue weighted by Crippen LogP contribution is -2.44. The molecule has 1 atom stereocenters. The average molecular weight is 538 g/mol. The van der Waals surface area contributed by atoms with Crippen LogP contribution in [0.1, 0.15) is 24.5 Å². The van der Waals surface area contributed by atoms with Crippen molar-refractivity contribution in [1.29, 1.82) is 0 Å². The first-order valence-corrected chi connectivity index (χ1v) is 12.1. The van der Waals surface area contributed by atoms with Crippen LogP contribution in [0.2, 0.25) is 0 Å². The summed E-state index contributed by atoms with van der Waals surface area (Å²) in [5.41, 5.74) is 10.3. The molecule has 5 rings (SSSR count). The van der Waals surface area contributed by atoms with Gasteiger partial charge < -0.3 is 20.8 Å². The third-order valence-corrected chi connectivity index (χ3v) is 7.11. The molecule has 4 N–H and O–H groups in total. The monoisotopic (exact) mass is 537 g/mol. The number of nitrogen functional groups attached to an aromatic ring is 1. The molecule has 4 aromatic rings. The summed E-state index contributed by atoms with van der Waals surface area (Å²) in [6.45, 7) is 0.334. The van der Waals surface area contributed by atoms with Crippen LogP contribution in [-0.4, -0.2) is 71.4 Å². The van der Waals surface area contributed by atoms with Gasteiger partial charge in [0.25, 0.3) is 5.91 Å². The van der Waals surface area contributed by atoms with Crippen LogP contribution in [0, 0.1) is 0 Å². The molecule has 0 saturated carbocycles. The van der Waals surface area contributed by atoms with Crippen LogP contribution in [0.5, 0.6) is 0 Å². The van der Waals surface area contributed by atoms with E-state index in [0.717, 1.165) is 22.4 Å². The molecule has 1 amide bonds. The fourth-order valence-electron chi connectivity index (χ4n) is 4.35. The number of rotatable bonds is 5. The first-order chi connectivity index (χ1) is 17.0. The lowest BCUT2D eigenvalue weighted by Gasteiger charge is -2.33. The number of amides is 1. The minimum atomic E-state index is -1.38. The fraction of sp³-hybridized carbons (Fsp3) is 0.292. The van der Waals surface area contributed by atoms with Crippen molar-refractivity contribution in [3.05, 3.63) is 59.1 Å². The number of likely N-dealkylation sites (tertiary alicyclic amines) is 1. The number of aromatic nitrogens is 5. The third-order valence-electron chi connectivity index (χ3n) is 6.29. The Morgan fingerprint density at radius 2 is 1.80 bits per heavy atom. The molecule has 1 aliphatic rings. The number of hydrogen-bond acceptors (Lipinski definition) is 8. The summed E-state index contributed by atoms with van der Waals surface area (Å²) < 4.78 is 2.26. The number of carbonyl (C=O) groups excluding carboxylic acids is 1. The van der Waals surface area contributed by atoms with Gasteiger partial charge >= 0.3 is 0 Å². The van der Waals surface area contributed by atoms with Crippen LogP contribution in [0.3, 0.4) is 0 Å². The van der Waals surface area contributed by atoms with Crippen molar-refractivity contribution < 1.29 is 15.0 Å². The highest BCUT2D eigenvalue weighted by Gasteiger charge is 2.30. The zero-order valence-corrected chi connectivity index (χ0v) is 20.3. The highest BCUT2D eigenvalue weighted by Crippen LogP contribution is 2.37. The topological polar surface area (TPSA) is 143 Å². The standard InChI is InChI=1S/C24H24BrN7O3/c25-19-20(14-6-8-31(9-7-14)24(35)18(34)13-33)30-23-17(12-29-32(23)21(19)26)16-10-27-22(28-11-16)15-4-2-1-3-5-15/h1-5,10-12,14,18,33-34H,6-9,13,26H2/t18-/m1/s1. The molecule has 0 aliphatic carbocycles. The van der Waals surface area contributed by atoms with Gasteiger partial charge in [0, 0.05) is 48.1 Å². The molecule has 1 saturated heterocycles. The first-order valence-electron chi connectivity index (χ1n) is 11.3. The molecule has 1 aromatic carbocycles. The van der Waals surface area contributed by atoms with Crippen molar-refractivity contribution in [2.75, 3.05) is 25.4 Å². The Hall–Kier alpha value is -3.41. The van der Waals surface area contributed by atoms with E-state index in [4.69, 9.17) is 15.8 Å². The number of nitrogens with two attached hydrogens (primary N) is 1. The second-order valence-electron chi connectivity index (χ2n) is 8.45. The molecule has 35 heavy (non-hydrogen) atoms. The van der Waals surface area contributed by atoms with E-state index >= 15 is 0 Å². The zero-order chi connectivity index (χ0) is 24.5. The normalized spacial score (nSPS) is 15.5. The molecule has 0 spiro atoms. The van der Waals surface area contributed by atoms with E-state index in [1.54, 1.807) is 28.0 Å². The van der Waals surface area contributed by atoms with Gasteiger partial charge in [-0.15, -0.1) is 0 Å². The number of anilines is 1. The quantitative estimate of drug-likeness (QED) is 0.351. The van der Waals surface area contributed by atoms with Crippen molar-refractivity contribution in [2.45, 2.75) is 24.9 Å². The van der Waals surface area contributed by atoms with Crippen molar-refractivity contribution in [1.82, 2.24) is 29.5 Å². The van der Waals surface area contributed by atoms with E-state index in [1.807, 2.05) is 30.3 Å². The van der Waals surface area contributed by atoms with E-state index in [1.165, 1.54) is 0 Å². The molecule has 0 unspecified atom stereocenters. The number of piperidine rings is 1. The molecule has 4 heterocycles. The number of carbonyl (C=O) groups is 1. The Balaban J connectivity index is 1.44. The maximum Gasteiger partial charge on any atom is 0.253 e. The zero-order valence-electron chi connectivity index (χ0n) is 18.8. The molecule has 11 heteroatoms. The van der Waals surface area contributed by atoms with Crippen LogP contribution in [0.15, 0.2) is 53.4 Å². The summed E-state index contributed by atoms with van der Waals surface area (Å²) in [4.78, 5) is 27.7. The van der Waals surface area contributed by atoms with Gasteiger partial charge in [0.2, 0.25) is 0 Å². The van der Waals surface area contributed by atoms with Crippen LogP contribution < -0.4 is 5.73 Å². The fourth-order valence-corrected chi connectivity index (χ4v) is 4.93. The van der Waals surface area contributed by atoms with Gasteiger partial charge in [-0.25, -0.2) is 15.0 Å². The Morgan fingerprint density at radius 1 is 1.11 bits per heavy atom. The second kappa shape index (κ2) is 9.68. The van der Waals surface area contributed by atoms with Crippen LogP contribution in [0.4, 0.5) is 5.82 Å². The van der Waals surface area contributed by atoms with E-state index in [0.29, 0.717) is 47.7 Å². The lowest BCUT2D eigenvalue weighted by atomic mass is 9.92. The predicted octanol–water partition coefficient (Wildman–Crippen LogP) is 2.26. The van der Waals surface area contributed by atoms with E-state index in [-0.39, 0.29) is 5.92 Å². The van der Waals surface area contributed by atoms with Gasteiger partial charge in [-0.2, -0.15) is 9.61 Å². The molecule has 0 radical (unpaired) electrons.